The highest BCUT2D eigenvalue weighted by Crippen LogP contribution is 2.20. The Morgan fingerprint density at radius 2 is 1.94 bits per heavy atom. The van der Waals surface area contributed by atoms with E-state index in [-0.39, 0.29) is 11.4 Å². The lowest BCUT2D eigenvalue weighted by Gasteiger charge is -2.19. The maximum atomic E-state index is 12.3. The number of carboxylic acids is 1. The molecule has 0 fully saturated rings. The lowest BCUT2D eigenvalue weighted by molar-refractivity contribution is -0.137. The van der Waals surface area contributed by atoms with Crippen molar-refractivity contribution in [1.29, 1.82) is 0 Å². The standard InChI is InChI=1S/C12H17NO4S/c1-4-13(8-12(14)15)18(16,17)11-7-9(2)5-6-10(11)3/h5-7H,4,8H2,1-3H3,(H,14,15). The van der Waals surface area contributed by atoms with Gasteiger partial charge in [-0.05, 0) is 31.0 Å². The third-order valence-corrected chi connectivity index (χ3v) is 4.69. The van der Waals surface area contributed by atoms with Crippen LogP contribution in [0.2, 0.25) is 0 Å². The van der Waals surface area contributed by atoms with Gasteiger partial charge in [0.1, 0.15) is 6.54 Å². The van der Waals surface area contributed by atoms with Crippen LogP contribution in [0, 0.1) is 13.8 Å². The first-order valence-corrected chi connectivity index (χ1v) is 7.02. The van der Waals surface area contributed by atoms with Gasteiger partial charge in [-0.25, -0.2) is 8.42 Å². The van der Waals surface area contributed by atoms with Crippen LogP contribution in [0.15, 0.2) is 23.1 Å². The fourth-order valence-corrected chi connectivity index (χ4v) is 3.35. The molecule has 0 aromatic heterocycles. The maximum Gasteiger partial charge on any atom is 0.318 e. The number of benzene rings is 1. The molecule has 1 aromatic carbocycles. The molecule has 0 aliphatic carbocycles. The molecule has 0 saturated heterocycles. The quantitative estimate of drug-likeness (QED) is 0.878. The number of carbonyl (C=O) groups is 1. The smallest absolute Gasteiger partial charge is 0.318 e. The topological polar surface area (TPSA) is 74.7 Å². The number of hydrogen-bond acceptors (Lipinski definition) is 3. The van der Waals surface area contributed by atoms with Crippen LogP contribution in [0.5, 0.6) is 0 Å². The monoisotopic (exact) mass is 271 g/mol. The molecule has 100 valence electrons. The second kappa shape index (κ2) is 5.49. The molecule has 1 aromatic rings. The van der Waals surface area contributed by atoms with E-state index in [1.54, 1.807) is 32.9 Å². The van der Waals surface area contributed by atoms with Crippen LogP contribution in [0.25, 0.3) is 0 Å². The SMILES string of the molecule is CCN(CC(=O)O)S(=O)(=O)c1cc(C)ccc1C. The maximum absolute atomic E-state index is 12.3. The summed E-state index contributed by atoms with van der Waals surface area (Å²) in [5.41, 5.74) is 1.44. The van der Waals surface area contributed by atoms with E-state index in [4.69, 9.17) is 5.11 Å². The third-order valence-electron chi connectivity index (χ3n) is 2.63. The Bertz CT molecular complexity index is 551. The fourth-order valence-electron chi connectivity index (χ4n) is 1.64. The molecule has 18 heavy (non-hydrogen) atoms. The van der Waals surface area contributed by atoms with Crippen LogP contribution in [0.4, 0.5) is 0 Å². The highest BCUT2D eigenvalue weighted by Gasteiger charge is 2.26. The zero-order valence-electron chi connectivity index (χ0n) is 10.7. The summed E-state index contributed by atoms with van der Waals surface area (Å²) < 4.78 is 25.6. The van der Waals surface area contributed by atoms with E-state index in [9.17, 15) is 13.2 Å². The van der Waals surface area contributed by atoms with Crippen molar-refractivity contribution in [3.8, 4) is 0 Å². The fraction of sp³-hybridized carbons (Fsp3) is 0.417. The molecule has 0 unspecified atom stereocenters. The Hall–Kier alpha value is -1.40. The van der Waals surface area contributed by atoms with E-state index >= 15 is 0 Å². The summed E-state index contributed by atoms with van der Waals surface area (Å²) in [5, 5.41) is 8.74. The van der Waals surface area contributed by atoms with Crippen LogP contribution in [0.1, 0.15) is 18.1 Å². The van der Waals surface area contributed by atoms with Gasteiger partial charge in [-0.3, -0.25) is 4.79 Å². The van der Waals surface area contributed by atoms with Crippen molar-refractivity contribution in [3.63, 3.8) is 0 Å². The van der Waals surface area contributed by atoms with Gasteiger partial charge in [-0.1, -0.05) is 19.1 Å². The predicted molar refractivity (Wildman–Crippen MR) is 68.0 cm³/mol. The number of sulfonamides is 1. The van der Waals surface area contributed by atoms with E-state index in [1.165, 1.54) is 0 Å². The molecule has 6 heteroatoms. The highest BCUT2D eigenvalue weighted by molar-refractivity contribution is 7.89. The molecule has 0 radical (unpaired) electrons. The molecule has 0 spiro atoms. The molecule has 0 atom stereocenters. The normalized spacial score (nSPS) is 11.8. The lowest BCUT2D eigenvalue weighted by atomic mass is 10.2. The van der Waals surface area contributed by atoms with E-state index in [0.717, 1.165) is 9.87 Å². The second-order valence-electron chi connectivity index (χ2n) is 4.09. The number of likely N-dealkylation sites (N-methyl/N-ethyl adjacent to an activating group) is 1. The molecule has 5 nitrogen and oxygen atoms in total. The van der Waals surface area contributed by atoms with Crippen molar-refractivity contribution in [2.24, 2.45) is 0 Å². The van der Waals surface area contributed by atoms with Crippen molar-refractivity contribution < 1.29 is 18.3 Å². The van der Waals surface area contributed by atoms with Gasteiger partial charge in [-0.15, -0.1) is 0 Å². The minimum Gasteiger partial charge on any atom is -0.480 e. The first-order chi connectivity index (χ1) is 8.28. The Morgan fingerprint density at radius 1 is 1.33 bits per heavy atom. The van der Waals surface area contributed by atoms with E-state index in [1.807, 2.05) is 6.07 Å². The van der Waals surface area contributed by atoms with Crippen molar-refractivity contribution in [2.45, 2.75) is 25.7 Å². The van der Waals surface area contributed by atoms with Crippen LogP contribution in [0.3, 0.4) is 0 Å². The van der Waals surface area contributed by atoms with Gasteiger partial charge in [0.2, 0.25) is 10.0 Å². The molecular weight excluding hydrogens is 254 g/mol. The van der Waals surface area contributed by atoms with Gasteiger partial charge >= 0.3 is 5.97 Å². The second-order valence-corrected chi connectivity index (χ2v) is 6.00. The van der Waals surface area contributed by atoms with E-state index < -0.39 is 22.5 Å². The largest absolute Gasteiger partial charge is 0.480 e. The average molecular weight is 271 g/mol. The Kier molecular flexibility index (Phi) is 4.48. The molecule has 0 aliphatic rings. The number of rotatable bonds is 5. The zero-order chi connectivity index (χ0) is 13.9. The van der Waals surface area contributed by atoms with Crippen LogP contribution >= 0.6 is 0 Å². The molecule has 1 rings (SSSR count). The summed E-state index contributed by atoms with van der Waals surface area (Å²) in [6, 6.07) is 5.10. The highest BCUT2D eigenvalue weighted by atomic mass is 32.2. The molecule has 0 bridgehead atoms. The van der Waals surface area contributed by atoms with E-state index in [0.29, 0.717) is 5.56 Å². The van der Waals surface area contributed by atoms with Crippen molar-refractivity contribution in [1.82, 2.24) is 4.31 Å². The molecule has 0 saturated carbocycles. The number of aryl methyl sites for hydroxylation is 2. The summed E-state index contributed by atoms with van der Waals surface area (Å²) in [4.78, 5) is 10.9. The van der Waals surface area contributed by atoms with Crippen molar-refractivity contribution in [2.75, 3.05) is 13.1 Å². The van der Waals surface area contributed by atoms with Gasteiger partial charge in [0.25, 0.3) is 0 Å². The minimum atomic E-state index is -3.75. The first kappa shape index (κ1) is 14.7. The summed E-state index contributed by atoms with van der Waals surface area (Å²) >= 11 is 0. The van der Waals surface area contributed by atoms with Crippen LogP contribution in [-0.4, -0.2) is 36.9 Å². The number of hydrogen-bond donors (Lipinski definition) is 1. The Morgan fingerprint density at radius 3 is 2.44 bits per heavy atom. The van der Waals surface area contributed by atoms with Gasteiger partial charge in [0.15, 0.2) is 0 Å². The number of aliphatic carboxylic acids is 1. The first-order valence-electron chi connectivity index (χ1n) is 5.58. The third kappa shape index (κ3) is 3.08. The van der Waals surface area contributed by atoms with Gasteiger partial charge in [0, 0.05) is 6.54 Å². The summed E-state index contributed by atoms with van der Waals surface area (Å²) in [5.74, 6) is -1.16. The Balaban J connectivity index is 3.26. The Labute approximate surface area is 107 Å². The molecule has 1 N–H and O–H groups in total. The van der Waals surface area contributed by atoms with Crippen molar-refractivity contribution in [3.05, 3.63) is 29.3 Å². The summed E-state index contributed by atoms with van der Waals surface area (Å²) in [6.07, 6.45) is 0. The van der Waals surface area contributed by atoms with Gasteiger partial charge in [-0.2, -0.15) is 4.31 Å². The number of carboxylic acid groups (broad SMARTS) is 1. The summed E-state index contributed by atoms with van der Waals surface area (Å²) in [6.45, 7) is 4.72. The molecular formula is C12H17NO4S. The van der Waals surface area contributed by atoms with Gasteiger partial charge in [0.05, 0.1) is 4.90 Å². The number of nitrogens with zero attached hydrogens (tertiary/aromatic N) is 1. The summed E-state index contributed by atoms with van der Waals surface area (Å²) in [7, 11) is -3.75. The van der Waals surface area contributed by atoms with Gasteiger partial charge < -0.3 is 5.11 Å². The molecule has 0 aliphatic heterocycles. The van der Waals surface area contributed by atoms with Crippen LogP contribution < -0.4 is 0 Å². The predicted octanol–water partition coefficient (Wildman–Crippen LogP) is 1.40. The molecule has 0 heterocycles. The molecule has 0 amide bonds. The zero-order valence-corrected chi connectivity index (χ0v) is 11.5. The lowest BCUT2D eigenvalue weighted by Crippen LogP contribution is -2.35. The average Bonchev–Trinajstić information content (AvgIpc) is 2.28. The minimum absolute atomic E-state index is 0.127. The van der Waals surface area contributed by atoms with Crippen molar-refractivity contribution >= 4 is 16.0 Å². The van der Waals surface area contributed by atoms with E-state index in [2.05, 4.69) is 0 Å². The van der Waals surface area contributed by atoms with Crippen LogP contribution in [-0.2, 0) is 14.8 Å².